The molecule has 3 aromatic rings. The Morgan fingerprint density at radius 3 is 2.96 bits per heavy atom. The highest BCUT2D eigenvalue weighted by Gasteiger charge is 2.26. The highest BCUT2D eigenvalue weighted by atomic mass is 16.5. The van der Waals surface area contributed by atoms with Gasteiger partial charge in [-0.15, -0.1) is 0 Å². The lowest BCUT2D eigenvalue weighted by molar-refractivity contribution is 0.124. The lowest BCUT2D eigenvalue weighted by atomic mass is 10.0. The number of hydrogen-bond acceptors (Lipinski definition) is 6. The molecule has 7 nitrogen and oxygen atoms in total. The molecule has 0 fully saturated rings. The van der Waals surface area contributed by atoms with Crippen LogP contribution >= 0.6 is 0 Å². The molecule has 4 rings (SSSR count). The maximum Gasteiger partial charge on any atom is 0.250 e. The Morgan fingerprint density at radius 1 is 1.24 bits per heavy atom. The van der Waals surface area contributed by atoms with Crippen LogP contribution < -0.4 is 4.74 Å². The van der Waals surface area contributed by atoms with Crippen molar-refractivity contribution >= 4 is 0 Å². The highest BCUT2D eigenvalue weighted by Crippen LogP contribution is 2.30. The first-order valence-corrected chi connectivity index (χ1v) is 8.50. The van der Waals surface area contributed by atoms with E-state index in [0.29, 0.717) is 17.6 Å². The molecular formula is C18H21N5O2. The van der Waals surface area contributed by atoms with Gasteiger partial charge in [0.2, 0.25) is 17.6 Å². The summed E-state index contributed by atoms with van der Waals surface area (Å²) >= 11 is 0. The fourth-order valence-corrected chi connectivity index (χ4v) is 3.06. The van der Waals surface area contributed by atoms with E-state index in [-0.39, 0.29) is 11.6 Å². The number of hydrogen-bond donors (Lipinski definition) is 0. The lowest BCUT2D eigenvalue weighted by Gasteiger charge is -2.21. The zero-order valence-electron chi connectivity index (χ0n) is 14.6. The quantitative estimate of drug-likeness (QED) is 0.727. The van der Waals surface area contributed by atoms with Gasteiger partial charge in [-0.3, -0.25) is 0 Å². The number of aromatic nitrogens is 5. The number of nitrogens with zero attached hydrogens (tertiary/aromatic N) is 5. The van der Waals surface area contributed by atoms with E-state index >= 15 is 0 Å². The Kier molecular flexibility index (Phi) is 3.78. The molecule has 0 N–H and O–H groups in total. The molecule has 0 amide bonds. The van der Waals surface area contributed by atoms with Gasteiger partial charge in [0.25, 0.3) is 0 Å². The number of pyridine rings is 1. The van der Waals surface area contributed by atoms with Gasteiger partial charge >= 0.3 is 0 Å². The van der Waals surface area contributed by atoms with E-state index in [4.69, 9.17) is 9.26 Å². The molecule has 0 saturated heterocycles. The number of rotatable bonds is 3. The zero-order valence-corrected chi connectivity index (χ0v) is 14.6. The summed E-state index contributed by atoms with van der Waals surface area (Å²) in [5, 5.41) is 4.15. The Labute approximate surface area is 146 Å². The van der Waals surface area contributed by atoms with Crippen LogP contribution in [0.3, 0.4) is 0 Å². The fraction of sp³-hybridized carbons (Fsp3) is 0.444. The fourth-order valence-electron chi connectivity index (χ4n) is 3.06. The normalized spacial score (nSPS) is 17.3. The van der Waals surface area contributed by atoms with Crippen molar-refractivity contribution in [2.45, 2.75) is 51.7 Å². The molecule has 1 aliphatic rings. The smallest absolute Gasteiger partial charge is 0.250 e. The minimum atomic E-state index is -0.312. The topological polar surface area (TPSA) is 78.9 Å². The summed E-state index contributed by atoms with van der Waals surface area (Å²) in [7, 11) is 0. The van der Waals surface area contributed by atoms with Gasteiger partial charge < -0.3 is 13.8 Å². The van der Waals surface area contributed by atoms with Gasteiger partial charge in [0.15, 0.2) is 0 Å². The second-order valence-corrected chi connectivity index (χ2v) is 7.21. The second-order valence-electron chi connectivity index (χ2n) is 7.21. The third-order valence-electron chi connectivity index (χ3n) is 4.09. The number of imidazole rings is 1. The SMILES string of the molecule is CC(C)(C)Oc1cc(-c2noc(C3CCCc4nccn43)n2)ccn1. The van der Waals surface area contributed by atoms with Gasteiger partial charge in [-0.25, -0.2) is 9.97 Å². The van der Waals surface area contributed by atoms with Gasteiger partial charge in [-0.05, 0) is 39.7 Å². The second kappa shape index (κ2) is 5.98. The van der Waals surface area contributed by atoms with Gasteiger partial charge in [0.1, 0.15) is 17.5 Å². The monoisotopic (exact) mass is 339 g/mol. The van der Waals surface area contributed by atoms with Crippen LogP contribution in [-0.2, 0) is 6.42 Å². The first-order chi connectivity index (χ1) is 12.0. The van der Waals surface area contributed by atoms with E-state index < -0.39 is 0 Å². The molecule has 1 unspecified atom stereocenters. The summed E-state index contributed by atoms with van der Waals surface area (Å²) < 4.78 is 13.5. The van der Waals surface area contributed by atoms with Gasteiger partial charge in [-0.2, -0.15) is 4.98 Å². The maximum absolute atomic E-state index is 5.81. The lowest BCUT2D eigenvalue weighted by Crippen LogP contribution is -2.23. The summed E-state index contributed by atoms with van der Waals surface area (Å²) in [5.74, 6) is 2.78. The predicted octanol–water partition coefficient (Wildman–Crippen LogP) is 3.43. The molecule has 7 heteroatoms. The van der Waals surface area contributed by atoms with E-state index in [1.54, 1.807) is 6.20 Å². The molecule has 0 saturated carbocycles. The first-order valence-electron chi connectivity index (χ1n) is 8.50. The van der Waals surface area contributed by atoms with Crippen LogP contribution in [0.15, 0.2) is 35.2 Å². The van der Waals surface area contributed by atoms with Crippen LogP contribution in [0.5, 0.6) is 5.88 Å². The number of aryl methyl sites for hydroxylation is 1. The molecule has 4 heterocycles. The largest absolute Gasteiger partial charge is 0.472 e. The van der Waals surface area contributed by atoms with Crippen molar-refractivity contribution in [1.29, 1.82) is 0 Å². The number of fused-ring (bicyclic) bond motifs is 1. The molecule has 1 aliphatic heterocycles. The van der Waals surface area contributed by atoms with E-state index in [1.165, 1.54) is 0 Å². The van der Waals surface area contributed by atoms with Crippen LogP contribution in [-0.4, -0.2) is 30.3 Å². The molecule has 0 aliphatic carbocycles. The van der Waals surface area contributed by atoms with Crippen molar-refractivity contribution in [3.05, 3.63) is 42.4 Å². The van der Waals surface area contributed by atoms with E-state index in [0.717, 1.165) is 30.7 Å². The van der Waals surface area contributed by atoms with Crippen molar-refractivity contribution in [2.24, 2.45) is 0 Å². The molecule has 0 spiro atoms. The minimum Gasteiger partial charge on any atom is -0.472 e. The third-order valence-corrected chi connectivity index (χ3v) is 4.09. The summed E-state index contributed by atoms with van der Waals surface area (Å²) in [6, 6.07) is 3.75. The molecule has 1 atom stereocenters. The van der Waals surface area contributed by atoms with Crippen LogP contribution in [0.4, 0.5) is 0 Å². The Bertz CT molecular complexity index is 877. The third kappa shape index (κ3) is 3.26. The van der Waals surface area contributed by atoms with E-state index in [9.17, 15) is 0 Å². The number of ether oxygens (including phenoxy) is 1. The Morgan fingerprint density at radius 2 is 2.12 bits per heavy atom. The van der Waals surface area contributed by atoms with Crippen molar-refractivity contribution in [1.82, 2.24) is 24.7 Å². The highest BCUT2D eigenvalue weighted by molar-refractivity contribution is 5.55. The Balaban J connectivity index is 1.62. The first kappa shape index (κ1) is 15.8. The predicted molar refractivity (Wildman–Crippen MR) is 91.2 cm³/mol. The van der Waals surface area contributed by atoms with Crippen LogP contribution in [0.2, 0.25) is 0 Å². The molecule has 0 aromatic carbocycles. The van der Waals surface area contributed by atoms with Gasteiger partial charge in [-0.1, -0.05) is 5.16 Å². The summed E-state index contributed by atoms with van der Waals surface area (Å²) in [5.41, 5.74) is 0.513. The van der Waals surface area contributed by atoms with E-state index in [1.807, 2.05) is 45.3 Å². The van der Waals surface area contributed by atoms with Crippen molar-refractivity contribution in [2.75, 3.05) is 0 Å². The van der Waals surface area contributed by atoms with Crippen LogP contribution in [0.25, 0.3) is 11.4 Å². The summed E-state index contributed by atoms with van der Waals surface area (Å²) in [6.07, 6.45) is 8.52. The van der Waals surface area contributed by atoms with Crippen LogP contribution in [0.1, 0.15) is 51.4 Å². The van der Waals surface area contributed by atoms with Crippen molar-refractivity contribution < 1.29 is 9.26 Å². The standard InChI is InChI=1S/C18H21N5O2/c1-18(2,3)24-15-11-12(7-8-20-15)16-21-17(25-22-16)13-5-4-6-14-19-9-10-23(13)14/h7-11,13H,4-6H2,1-3H3. The van der Waals surface area contributed by atoms with Crippen molar-refractivity contribution in [3.63, 3.8) is 0 Å². The summed E-state index contributed by atoms with van der Waals surface area (Å²) in [6.45, 7) is 5.96. The molecular weight excluding hydrogens is 318 g/mol. The average Bonchev–Trinajstić information content (AvgIpc) is 3.22. The van der Waals surface area contributed by atoms with E-state index in [2.05, 4.69) is 24.7 Å². The molecule has 130 valence electrons. The zero-order chi connectivity index (χ0) is 17.4. The molecule has 0 bridgehead atoms. The van der Waals surface area contributed by atoms with Gasteiger partial charge in [0.05, 0.1) is 0 Å². The molecule has 25 heavy (non-hydrogen) atoms. The maximum atomic E-state index is 5.81. The van der Waals surface area contributed by atoms with Gasteiger partial charge in [0, 0.05) is 36.6 Å². The molecule has 3 aromatic heterocycles. The molecule has 0 radical (unpaired) electrons. The Hall–Kier alpha value is -2.70. The van der Waals surface area contributed by atoms with Crippen LogP contribution in [0, 0.1) is 0 Å². The average molecular weight is 339 g/mol. The summed E-state index contributed by atoms with van der Waals surface area (Å²) in [4.78, 5) is 13.3. The van der Waals surface area contributed by atoms with Crippen molar-refractivity contribution in [3.8, 4) is 17.3 Å². The minimum absolute atomic E-state index is 0.0552.